The van der Waals surface area contributed by atoms with Gasteiger partial charge in [-0.25, -0.2) is 0 Å². The summed E-state index contributed by atoms with van der Waals surface area (Å²) in [6, 6.07) is 4.24. The molecule has 1 aliphatic rings. The van der Waals surface area contributed by atoms with Crippen molar-refractivity contribution in [2.75, 3.05) is 18.4 Å². The number of anilines is 1. The highest BCUT2D eigenvalue weighted by molar-refractivity contribution is 5.93. The van der Waals surface area contributed by atoms with Crippen LogP contribution in [0.15, 0.2) is 18.3 Å². The minimum absolute atomic E-state index is 0.0243. The van der Waals surface area contributed by atoms with Crippen molar-refractivity contribution in [1.82, 2.24) is 9.88 Å². The van der Waals surface area contributed by atoms with Gasteiger partial charge in [0.2, 0.25) is 0 Å². The van der Waals surface area contributed by atoms with Crippen molar-refractivity contribution in [3.8, 4) is 0 Å². The Hall–Kier alpha value is -1.62. The van der Waals surface area contributed by atoms with Crippen LogP contribution in [0.5, 0.6) is 0 Å². The lowest BCUT2D eigenvalue weighted by atomic mass is 10.2. The van der Waals surface area contributed by atoms with Gasteiger partial charge < -0.3 is 16.0 Å². The largest absolute Gasteiger partial charge is 0.381 e. The van der Waals surface area contributed by atoms with Crippen molar-refractivity contribution >= 4 is 11.6 Å². The van der Waals surface area contributed by atoms with Crippen LogP contribution < -0.4 is 11.1 Å². The number of nitrogens with two attached hydrogens (primary N) is 1. The molecule has 5 heteroatoms. The molecule has 0 spiro atoms. The molecule has 2 atom stereocenters. The van der Waals surface area contributed by atoms with Gasteiger partial charge in [0, 0.05) is 37.1 Å². The molecule has 5 nitrogen and oxygen atoms in total. The van der Waals surface area contributed by atoms with E-state index >= 15 is 0 Å². The molecule has 1 aromatic rings. The molecule has 1 amide bonds. The minimum Gasteiger partial charge on any atom is -0.381 e. The van der Waals surface area contributed by atoms with Gasteiger partial charge in [0.05, 0.1) is 0 Å². The number of amides is 1. The molecule has 0 aromatic carbocycles. The molecule has 1 aliphatic carbocycles. The van der Waals surface area contributed by atoms with Crippen LogP contribution in [0.25, 0.3) is 0 Å². The third-order valence-electron chi connectivity index (χ3n) is 3.22. The summed E-state index contributed by atoms with van der Waals surface area (Å²) in [5.74, 6) is -0.0243. The van der Waals surface area contributed by atoms with E-state index in [2.05, 4.69) is 10.3 Å². The Labute approximate surface area is 107 Å². The summed E-state index contributed by atoms with van der Waals surface area (Å²) >= 11 is 0. The van der Waals surface area contributed by atoms with Gasteiger partial charge in [-0.15, -0.1) is 0 Å². The Morgan fingerprint density at radius 3 is 2.78 bits per heavy atom. The van der Waals surface area contributed by atoms with Crippen molar-refractivity contribution in [1.29, 1.82) is 0 Å². The van der Waals surface area contributed by atoms with Gasteiger partial charge in [0.1, 0.15) is 5.69 Å². The van der Waals surface area contributed by atoms with E-state index in [0.717, 1.165) is 12.1 Å². The molecule has 1 heterocycles. The predicted octanol–water partition coefficient (Wildman–Crippen LogP) is 1.08. The number of carbonyl (C=O) groups is 1. The second-order valence-electron chi connectivity index (χ2n) is 4.56. The first kappa shape index (κ1) is 12.8. The average molecular weight is 248 g/mol. The van der Waals surface area contributed by atoms with Gasteiger partial charge in [0.25, 0.3) is 5.91 Å². The summed E-state index contributed by atoms with van der Waals surface area (Å²) in [4.78, 5) is 18.0. The summed E-state index contributed by atoms with van der Waals surface area (Å²) in [6.07, 6.45) is 2.65. The van der Waals surface area contributed by atoms with Crippen LogP contribution in [-0.4, -0.2) is 41.0 Å². The standard InChI is InChI=1S/C13H20N4O/c1-3-17(4-2)13(18)12-7-9(5-6-15-12)16-11-8-10(11)14/h5-7,10-11H,3-4,8,14H2,1-2H3,(H,15,16). The van der Waals surface area contributed by atoms with E-state index in [4.69, 9.17) is 5.73 Å². The van der Waals surface area contributed by atoms with E-state index in [1.807, 2.05) is 19.9 Å². The second-order valence-corrected chi connectivity index (χ2v) is 4.56. The van der Waals surface area contributed by atoms with Gasteiger partial charge in [-0.3, -0.25) is 9.78 Å². The molecule has 1 saturated carbocycles. The molecule has 0 bridgehead atoms. The van der Waals surface area contributed by atoms with Crippen molar-refractivity contribution < 1.29 is 4.79 Å². The van der Waals surface area contributed by atoms with Crippen molar-refractivity contribution in [2.24, 2.45) is 5.73 Å². The number of hydrogen-bond donors (Lipinski definition) is 2. The molecule has 18 heavy (non-hydrogen) atoms. The van der Waals surface area contributed by atoms with Gasteiger partial charge in [-0.05, 0) is 32.4 Å². The maximum atomic E-state index is 12.1. The van der Waals surface area contributed by atoms with Crippen LogP contribution in [0, 0.1) is 0 Å². The Balaban J connectivity index is 2.08. The maximum Gasteiger partial charge on any atom is 0.272 e. The number of pyridine rings is 1. The number of nitrogens with zero attached hydrogens (tertiary/aromatic N) is 2. The molecule has 0 radical (unpaired) electrons. The van der Waals surface area contributed by atoms with Crippen molar-refractivity contribution in [3.63, 3.8) is 0 Å². The van der Waals surface area contributed by atoms with Crippen LogP contribution in [0.4, 0.5) is 5.69 Å². The summed E-state index contributed by atoms with van der Waals surface area (Å²) < 4.78 is 0. The number of aromatic nitrogens is 1. The average Bonchev–Trinajstić information content (AvgIpc) is 3.06. The van der Waals surface area contributed by atoms with E-state index in [1.54, 1.807) is 17.2 Å². The lowest BCUT2D eigenvalue weighted by Gasteiger charge is -2.18. The maximum absolute atomic E-state index is 12.1. The number of nitrogens with one attached hydrogen (secondary N) is 1. The van der Waals surface area contributed by atoms with Crippen molar-refractivity contribution in [3.05, 3.63) is 24.0 Å². The fourth-order valence-corrected chi connectivity index (χ4v) is 1.90. The SMILES string of the molecule is CCN(CC)C(=O)c1cc(NC2CC2N)ccn1. The van der Waals surface area contributed by atoms with E-state index < -0.39 is 0 Å². The minimum atomic E-state index is -0.0243. The topological polar surface area (TPSA) is 71.2 Å². The number of rotatable bonds is 5. The van der Waals surface area contributed by atoms with E-state index in [1.165, 1.54) is 0 Å². The Morgan fingerprint density at radius 2 is 2.22 bits per heavy atom. The van der Waals surface area contributed by atoms with Crippen LogP contribution in [0.1, 0.15) is 30.8 Å². The zero-order valence-electron chi connectivity index (χ0n) is 10.9. The Bertz CT molecular complexity index is 431. The summed E-state index contributed by atoms with van der Waals surface area (Å²) in [5.41, 5.74) is 7.15. The lowest BCUT2D eigenvalue weighted by Crippen LogP contribution is -2.31. The second kappa shape index (κ2) is 5.35. The lowest BCUT2D eigenvalue weighted by molar-refractivity contribution is 0.0767. The van der Waals surface area contributed by atoms with Crippen LogP contribution in [0.3, 0.4) is 0 Å². The highest BCUT2D eigenvalue weighted by atomic mass is 16.2. The normalized spacial score (nSPS) is 21.5. The third-order valence-corrected chi connectivity index (χ3v) is 3.22. The van der Waals surface area contributed by atoms with Gasteiger partial charge in [0.15, 0.2) is 0 Å². The molecular weight excluding hydrogens is 228 g/mol. The Morgan fingerprint density at radius 1 is 1.56 bits per heavy atom. The fourth-order valence-electron chi connectivity index (χ4n) is 1.90. The van der Waals surface area contributed by atoms with Crippen LogP contribution >= 0.6 is 0 Å². The zero-order valence-corrected chi connectivity index (χ0v) is 10.9. The van der Waals surface area contributed by atoms with Crippen LogP contribution in [-0.2, 0) is 0 Å². The van der Waals surface area contributed by atoms with E-state index in [0.29, 0.717) is 24.8 Å². The zero-order chi connectivity index (χ0) is 13.1. The van der Waals surface area contributed by atoms with E-state index in [-0.39, 0.29) is 11.9 Å². The first-order valence-corrected chi connectivity index (χ1v) is 6.43. The first-order valence-electron chi connectivity index (χ1n) is 6.43. The molecule has 1 fully saturated rings. The molecule has 3 N–H and O–H groups in total. The summed E-state index contributed by atoms with van der Waals surface area (Å²) in [5, 5.41) is 3.30. The number of carbonyl (C=O) groups excluding carboxylic acids is 1. The van der Waals surface area contributed by atoms with Crippen LogP contribution in [0.2, 0.25) is 0 Å². The molecule has 98 valence electrons. The quantitative estimate of drug-likeness (QED) is 0.818. The molecule has 2 unspecified atom stereocenters. The third kappa shape index (κ3) is 2.79. The molecular formula is C13H20N4O. The number of hydrogen-bond acceptors (Lipinski definition) is 4. The van der Waals surface area contributed by atoms with Gasteiger partial charge >= 0.3 is 0 Å². The molecule has 2 rings (SSSR count). The summed E-state index contributed by atoms with van der Waals surface area (Å²) in [6.45, 7) is 5.32. The Kier molecular flexibility index (Phi) is 3.81. The van der Waals surface area contributed by atoms with Gasteiger partial charge in [-0.2, -0.15) is 0 Å². The highest BCUT2D eigenvalue weighted by Gasteiger charge is 2.33. The monoisotopic (exact) mass is 248 g/mol. The smallest absolute Gasteiger partial charge is 0.272 e. The predicted molar refractivity (Wildman–Crippen MR) is 71.5 cm³/mol. The van der Waals surface area contributed by atoms with Gasteiger partial charge in [-0.1, -0.05) is 0 Å². The van der Waals surface area contributed by atoms with E-state index in [9.17, 15) is 4.79 Å². The summed E-state index contributed by atoms with van der Waals surface area (Å²) in [7, 11) is 0. The fraction of sp³-hybridized carbons (Fsp3) is 0.538. The van der Waals surface area contributed by atoms with Crippen molar-refractivity contribution in [2.45, 2.75) is 32.4 Å². The first-order chi connectivity index (χ1) is 8.65. The molecule has 0 aliphatic heterocycles. The molecule has 1 aromatic heterocycles. The highest BCUT2D eigenvalue weighted by Crippen LogP contribution is 2.23. The molecule has 0 saturated heterocycles.